The Morgan fingerprint density at radius 1 is 1.39 bits per heavy atom. The molecule has 5 heteroatoms. The summed E-state index contributed by atoms with van der Waals surface area (Å²) in [4.78, 5) is 16.1. The maximum atomic E-state index is 11.8. The number of ketones is 1. The molecule has 18 heavy (non-hydrogen) atoms. The topological polar surface area (TPSA) is 50.7 Å². The Kier molecular flexibility index (Phi) is 5.65. The average molecular weight is 269 g/mol. The second-order valence-electron chi connectivity index (χ2n) is 3.94. The fraction of sp³-hybridized carbons (Fsp3) is 0.385. The first-order chi connectivity index (χ1) is 8.29. The molecule has 0 radical (unpaired) electrons. The number of hydrogen-bond donors (Lipinski definition) is 1. The smallest absolute Gasteiger partial charge is 0.181 e. The lowest BCUT2D eigenvalue weighted by Crippen LogP contribution is -2.28. The van der Waals surface area contributed by atoms with E-state index in [4.69, 9.17) is 4.74 Å². The molecular weight excluding hydrogens is 252 g/mol. The van der Waals surface area contributed by atoms with Gasteiger partial charge in [-0.25, -0.2) is 0 Å². The van der Waals surface area contributed by atoms with E-state index in [2.05, 4.69) is 10.3 Å². The molecule has 0 aliphatic carbocycles. The first-order valence-corrected chi connectivity index (χ1v) is 5.74. The summed E-state index contributed by atoms with van der Waals surface area (Å²) in [6.07, 6.45) is 2.04. The molecular formula is C13H17ClN2O2. The maximum Gasteiger partial charge on any atom is 0.181 e. The summed E-state index contributed by atoms with van der Waals surface area (Å²) >= 11 is 0. The van der Waals surface area contributed by atoms with Crippen LogP contribution < -0.4 is 10.1 Å². The minimum Gasteiger partial charge on any atom is -0.497 e. The van der Waals surface area contributed by atoms with Crippen molar-refractivity contribution in [1.82, 2.24) is 5.32 Å². The van der Waals surface area contributed by atoms with Gasteiger partial charge in [0.1, 0.15) is 5.75 Å². The number of aliphatic imine (C=N–C) groups is 1. The van der Waals surface area contributed by atoms with Gasteiger partial charge in [0.05, 0.1) is 19.5 Å². The lowest BCUT2D eigenvalue weighted by molar-refractivity contribution is 0.0996. The van der Waals surface area contributed by atoms with Crippen LogP contribution in [0.5, 0.6) is 5.75 Å². The number of carbonyl (C=O) groups excluding carboxylic acids is 1. The molecule has 0 saturated heterocycles. The molecule has 1 aliphatic rings. The van der Waals surface area contributed by atoms with Crippen LogP contribution in [0.25, 0.3) is 0 Å². The van der Waals surface area contributed by atoms with Crippen molar-refractivity contribution in [2.75, 3.05) is 20.2 Å². The Labute approximate surface area is 113 Å². The molecule has 1 aliphatic heterocycles. The van der Waals surface area contributed by atoms with Crippen molar-refractivity contribution >= 4 is 24.0 Å². The number of halogens is 1. The predicted molar refractivity (Wildman–Crippen MR) is 74.1 cm³/mol. The van der Waals surface area contributed by atoms with Gasteiger partial charge in [0.15, 0.2) is 5.78 Å². The van der Waals surface area contributed by atoms with Crippen LogP contribution in [0.1, 0.15) is 23.2 Å². The Bertz CT molecular complexity index is 429. The van der Waals surface area contributed by atoms with Crippen LogP contribution in [0, 0.1) is 0 Å². The zero-order valence-electron chi connectivity index (χ0n) is 10.3. The average Bonchev–Trinajstić information content (AvgIpc) is 2.89. The Morgan fingerprint density at radius 3 is 2.67 bits per heavy atom. The molecule has 1 aromatic rings. The Hall–Kier alpha value is -1.55. The molecule has 1 N–H and O–H groups in total. The van der Waals surface area contributed by atoms with Crippen LogP contribution >= 0.6 is 12.4 Å². The number of ether oxygens (including phenoxy) is 1. The van der Waals surface area contributed by atoms with E-state index in [1.165, 1.54) is 0 Å². The van der Waals surface area contributed by atoms with Gasteiger partial charge in [-0.2, -0.15) is 0 Å². The van der Waals surface area contributed by atoms with Gasteiger partial charge >= 0.3 is 0 Å². The summed E-state index contributed by atoms with van der Waals surface area (Å²) in [6, 6.07) is 7.14. The van der Waals surface area contributed by atoms with Crippen molar-refractivity contribution in [3.63, 3.8) is 0 Å². The van der Waals surface area contributed by atoms with E-state index in [1.54, 1.807) is 31.4 Å². The van der Waals surface area contributed by atoms with Gasteiger partial charge in [-0.05, 0) is 30.7 Å². The molecule has 0 aromatic heterocycles. The summed E-state index contributed by atoms with van der Waals surface area (Å²) in [7, 11) is 1.61. The quantitative estimate of drug-likeness (QED) is 0.851. The van der Waals surface area contributed by atoms with E-state index in [1.807, 2.05) is 0 Å². The highest BCUT2D eigenvalue weighted by molar-refractivity contribution is 6.00. The number of carbonyl (C=O) groups is 1. The van der Waals surface area contributed by atoms with Crippen molar-refractivity contribution in [2.45, 2.75) is 12.8 Å². The highest BCUT2D eigenvalue weighted by Gasteiger charge is 2.09. The lowest BCUT2D eigenvalue weighted by Gasteiger charge is -2.05. The zero-order valence-corrected chi connectivity index (χ0v) is 11.1. The molecule has 1 heterocycles. The molecule has 0 atom stereocenters. The molecule has 2 rings (SSSR count). The van der Waals surface area contributed by atoms with Gasteiger partial charge in [0.2, 0.25) is 0 Å². The van der Waals surface area contributed by atoms with Gasteiger partial charge in [0, 0.05) is 18.5 Å². The van der Waals surface area contributed by atoms with Crippen LogP contribution in [0.15, 0.2) is 29.3 Å². The van der Waals surface area contributed by atoms with Gasteiger partial charge in [0.25, 0.3) is 0 Å². The fourth-order valence-corrected chi connectivity index (χ4v) is 1.75. The minimum absolute atomic E-state index is 0. The van der Waals surface area contributed by atoms with Crippen LogP contribution in [0.3, 0.4) is 0 Å². The van der Waals surface area contributed by atoms with Crippen molar-refractivity contribution in [2.24, 2.45) is 4.99 Å². The van der Waals surface area contributed by atoms with E-state index in [0.717, 1.165) is 31.0 Å². The highest BCUT2D eigenvalue weighted by Crippen LogP contribution is 2.11. The van der Waals surface area contributed by atoms with Crippen LogP contribution in [0.2, 0.25) is 0 Å². The van der Waals surface area contributed by atoms with E-state index < -0.39 is 0 Å². The number of amidine groups is 1. The molecule has 0 spiro atoms. The van der Waals surface area contributed by atoms with Crippen LogP contribution in [-0.2, 0) is 0 Å². The molecule has 4 nitrogen and oxygen atoms in total. The summed E-state index contributed by atoms with van der Waals surface area (Å²) in [6.45, 7) is 1.18. The molecule has 98 valence electrons. The van der Waals surface area contributed by atoms with E-state index in [0.29, 0.717) is 12.1 Å². The third-order valence-corrected chi connectivity index (χ3v) is 2.74. The number of nitrogens with one attached hydrogen (secondary N) is 1. The minimum atomic E-state index is 0. The Morgan fingerprint density at radius 2 is 2.11 bits per heavy atom. The third kappa shape index (κ3) is 3.74. The zero-order chi connectivity index (χ0) is 12.1. The first kappa shape index (κ1) is 14.5. The van der Waals surface area contributed by atoms with Gasteiger partial charge in [-0.15, -0.1) is 12.4 Å². The van der Waals surface area contributed by atoms with E-state index >= 15 is 0 Å². The number of nitrogens with zero attached hydrogens (tertiary/aromatic N) is 1. The number of benzene rings is 1. The standard InChI is InChI=1S/C13H16N2O2.ClH/c1-17-11-6-4-10(5-7-11)12(16)9-15-13-3-2-8-14-13;/h4-7H,2-3,8-9H2,1H3,(H,14,15);1H. The highest BCUT2D eigenvalue weighted by atomic mass is 35.5. The second kappa shape index (κ2) is 7.01. The fourth-order valence-electron chi connectivity index (χ4n) is 1.75. The van der Waals surface area contributed by atoms with E-state index in [9.17, 15) is 4.79 Å². The number of Topliss-reactive ketones (excluding diaryl/α,β-unsaturated/α-hetero) is 1. The van der Waals surface area contributed by atoms with Gasteiger partial charge < -0.3 is 10.1 Å². The van der Waals surface area contributed by atoms with Crippen LogP contribution in [0.4, 0.5) is 0 Å². The van der Waals surface area contributed by atoms with Gasteiger partial charge in [-0.3, -0.25) is 9.79 Å². The molecule has 1 aromatic carbocycles. The first-order valence-electron chi connectivity index (χ1n) is 5.74. The predicted octanol–water partition coefficient (Wildman–Crippen LogP) is 2.08. The summed E-state index contributed by atoms with van der Waals surface area (Å²) in [5, 5.41) is 3.08. The van der Waals surface area contributed by atoms with Gasteiger partial charge in [-0.1, -0.05) is 0 Å². The number of hydrogen-bond acceptors (Lipinski definition) is 4. The molecule has 0 amide bonds. The molecule has 0 unspecified atom stereocenters. The third-order valence-electron chi connectivity index (χ3n) is 2.74. The van der Waals surface area contributed by atoms with Crippen molar-refractivity contribution in [1.29, 1.82) is 0 Å². The normalized spacial score (nSPS) is 13.5. The second-order valence-corrected chi connectivity index (χ2v) is 3.94. The maximum absolute atomic E-state index is 11.8. The van der Waals surface area contributed by atoms with E-state index in [-0.39, 0.29) is 18.2 Å². The summed E-state index contributed by atoms with van der Waals surface area (Å²) in [5.74, 6) is 1.78. The van der Waals surface area contributed by atoms with Crippen molar-refractivity contribution in [3.8, 4) is 5.75 Å². The summed E-state index contributed by atoms with van der Waals surface area (Å²) < 4.78 is 5.04. The van der Waals surface area contributed by atoms with Crippen molar-refractivity contribution in [3.05, 3.63) is 29.8 Å². The monoisotopic (exact) mass is 268 g/mol. The Balaban J connectivity index is 0.00000162. The molecule has 0 fully saturated rings. The van der Waals surface area contributed by atoms with Crippen molar-refractivity contribution < 1.29 is 9.53 Å². The lowest BCUT2D eigenvalue weighted by atomic mass is 10.1. The number of rotatable bonds is 4. The summed E-state index contributed by atoms with van der Waals surface area (Å²) in [5.41, 5.74) is 0.692. The number of methoxy groups -OCH3 is 1. The largest absolute Gasteiger partial charge is 0.497 e. The molecule has 0 saturated carbocycles. The molecule has 0 bridgehead atoms. The van der Waals surface area contributed by atoms with Crippen LogP contribution in [-0.4, -0.2) is 31.8 Å². The SMILES string of the molecule is COc1ccc(C(=O)CNC2=NCCC2)cc1.Cl.